The van der Waals surface area contributed by atoms with Crippen molar-refractivity contribution in [1.29, 1.82) is 0 Å². The van der Waals surface area contributed by atoms with Crippen LogP contribution in [-0.2, 0) is 0 Å². The van der Waals surface area contributed by atoms with Crippen LogP contribution < -0.4 is 0 Å². The Hall–Kier alpha value is -1.48. The summed E-state index contributed by atoms with van der Waals surface area (Å²) < 4.78 is 0. The highest BCUT2D eigenvalue weighted by atomic mass is 14.0. The van der Waals surface area contributed by atoms with Crippen LogP contribution in [0.15, 0.2) is 23.8 Å². The summed E-state index contributed by atoms with van der Waals surface area (Å²) in [4.78, 5) is 0. The van der Waals surface area contributed by atoms with Gasteiger partial charge >= 0.3 is 0 Å². The third-order valence-electron chi connectivity index (χ3n) is 2.83. The van der Waals surface area contributed by atoms with Crippen LogP contribution in [0.5, 0.6) is 0 Å². The number of rotatable bonds is 2. The maximum absolute atomic E-state index is 3.08. The lowest BCUT2D eigenvalue weighted by atomic mass is 9.98. The summed E-state index contributed by atoms with van der Waals surface area (Å²) in [7, 11) is 0. The van der Waals surface area contributed by atoms with E-state index in [1.807, 2.05) is 6.92 Å². The van der Waals surface area contributed by atoms with Crippen LogP contribution >= 0.6 is 0 Å². The normalized spacial score (nSPS) is 11.2. The van der Waals surface area contributed by atoms with Gasteiger partial charge in [-0.1, -0.05) is 37.5 Å². The van der Waals surface area contributed by atoms with Crippen LogP contribution in [0.1, 0.15) is 44.4 Å². The minimum atomic E-state index is 0.606. The van der Waals surface area contributed by atoms with Gasteiger partial charge in [0.1, 0.15) is 0 Å². The number of aryl methyl sites for hydroxylation is 1. The molecule has 0 aliphatic rings. The van der Waals surface area contributed by atoms with Gasteiger partial charge < -0.3 is 0 Å². The van der Waals surface area contributed by atoms with Crippen molar-refractivity contribution < 1.29 is 0 Å². The molecule has 0 heterocycles. The topological polar surface area (TPSA) is 0 Å². The lowest BCUT2D eigenvalue weighted by Crippen LogP contribution is -1.90. The standard InChI is InChI=1S/C16H20/c1-6-7-15-8-9-16(14(5)10-15)11-13(4)12(2)3/h8-12H,1-5H3/b13-11+. The molecule has 0 spiro atoms. The van der Waals surface area contributed by atoms with Crippen LogP contribution in [0.2, 0.25) is 0 Å². The Bertz CT molecular complexity index is 451. The van der Waals surface area contributed by atoms with Gasteiger partial charge in [-0.2, -0.15) is 0 Å². The van der Waals surface area contributed by atoms with E-state index in [-0.39, 0.29) is 0 Å². The zero-order valence-corrected chi connectivity index (χ0v) is 10.9. The summed E-state index contributed by atoms with van der Waals surface area (Å²) in [6.45, 7) is 10.6. The lowest BCUT2D eigenvalue weighted by Gasteiger charge is -2.07. The molecule has 0 heteroatoms. The molecule has 0 unspecified atom stereocenters. The average molecular weight is 212 g/mol. The van der Waals surface area contributed by atoms with Crippen molar-refractivity contribution in [2.45, 2.75) is 34.6 Å². The minimum absolute atomic E-state index is 0.606. The van der Waals surface area contributed by atoms with E-state index in [4.69, 9.17) is 0 Å². The molecule has 0 aliphatic heterocycles. The fourth-order valence-corrected chi connectivity index (χ4v) is 1.47. The smallest absolute Gasteiger partial charge is 0.0248 e. The predicted octanol–water partition coefficient (Wildman–Crippen LogP) is 4.43. The van der Waals surface area contributed by atoms with Crippen molar-refractivity contribution in [3.05, 3.63) is 40.5 Å². The second-order valence-corrected chi connectivity index (χ2v) is 4.49. The van der Waals surface area contributed by atoms with Crippen molar-refractivity contribution in [3.63, 3.8) is 0 Å². The van der Waals surface area contributed by atoms with Crippen molar-refractivity contribution in [1.82, 2.24) is 0 Å². The van der Waals surface area contributed by atoms with Crippen LogP contribution in [0.4, 0.5) is 0 Å². The van der Waals surface area contributed by atoms with Crippen molar-refractivity contribution >= 4 is 6.08 Å². The van der Waals surface area contributed by atoms with Gasteiger partial charge in [-0.3, -0.25) is 0 Å². The first-order chi connectivity index (χ1) is 7.54. The first kappa shape index (κ1) is 12.6. The molecular formula is C16H20. The molecule has 0 amide bonds. The first-order valence-electron chi connectivity index (χ1n) is 5.76. The molecule has 0 radical (unpaired) electrons. The molecule has 0 atom stereocenters. The predicted molar refractivity (Wildman–Crippen MR) is 72.2 cm³/mol. The highest BCUT2D eigenvalue weighted by Gasteiger charge is 2.00. The van der Waals surface area contributed by atoms with E-state index in [9.17, 15) is 0 Å². The Kier molecular flexibility index (Phi) is 4.38. The number of hydrogen-bond acceptors (Lipinski definition) is 0. The van der Waals surface area contributed by atoms with E-state index in [2.05, 4.69) is 63.8 Å². The third-order valence-corrected chi connectivity index (χ3v) is 2.83. The molecular weight excluding hydrogens is 192 g/mol. The SMILES string of the molecule is CC#Cc1ccc(/C=C(\C)C(C)C)c(C)c1. The summed E-state index contributed by atoms with van der Waals surface area (Å²) in [5, 5.41) is 0. The molecule has 0 aromatic heterocycles. The molecule has 1 rings (SSSR count). The first-order valence-corrected chi connectivity index (χ1v) is 5.76. The zero-order chi connectivity index (χ0) is 12.1. The molecule has 0 nitrogen and oxygen atoms in total. The molecule has 0 saturated heterocycles. The Morgan fingerprint density at radius 1 is 1.31 bits per heavy atom. The average Bonchev–Trinajstić information content (AvgIpc) is 2.22. The highest BCUT2D eigenvalue weighted by Crippen LogP contribution is 2.17. The molecule has 84 valence electrons. The second kappa shape index (κ2) is 5.56. The maximum Gasteiger partial charge on any atom is 0.0248 e. The van der Waals surface area contributed by atoms with Gasteiger partial charge in [-0.15, -0.1) is 5.92 Å². The number of hydrogen-bond donors (Lipinski definition) is 0. The second-order valence-electron chi connectivity index (χ2n) is 4.49. The Morgan fingerprint density at radius 2 is 2.00 bits per heavy atom. The molecule has 0 N–H and O–H groups in total. The van der Waals surface area contributed by atoms with E-state index in [1.165, 1.54) is 16.7 Å². The van der Waals surface area contributed by atoms with Crippen molar-refractivity contribution in [3.8, 4) is 11.8 Å². The van der Waals surface area contributed by atoms with Gasteiger partial charge in [0.25, 0.3) is 0 Å². The Labute approximate surface area is 99.4 Å². The monoisotopic (exact) mass is 212 g/mol. The van der Waals surface area contributed by atoms with Crippen LogP contribution in [0, 0.1) is 24.7 Å². The highest BCUT2D eigenvalue weighted by molar-refractivity contribution is 5.58. The van der Waals surface area contributed by atoms with Gasteiger partial charge in [0.2, 0.25) is 0 Å². The Morgan fingerprint density at radius 3 is 2.50 bits per heavy atom. The van der Waals surface area contributed by atoms with E-state index in [1.54, 1.807) is 0 Å². The minimum Gasteiger partial charge on any atom is -0.101 e. The molecule has 1 aromatic rings. The molecule has 0 bridgehead atoms. The van der Waals surface area contributed by atoms with Crippen LogP contribution in [-0.4, -0.2) is 0 Å². The number of benzene rings is 1. The summed E-state index contributed by atoms with van der Waals surface area (Å²) in [6, 6.07) is 6.39. The van der Waals surface area contributed by atoms with E-state index in [0.717, 1.165) is 5.56 Å². The lowest BCUT2D eigenvalue weighted by molar-refractivity contribution is 0.776. The van der Waals surface area contributed by atoms with E-state index >= 15 is 0 Å². The van der Waals surface area contributed by atoms with Crippen LogP contribution in [0.3, 0.4) is 0 Å². The van der Waals surface area contributed by atoms with Crippen molar-refractivity contribution in [2.75, 3.05) is 0 Å². The maximum atomic E-state index is 3.08. The summed E-state index contributed by atoms with van der Waals surface area (Å²) in [5.41, 5.74) is 5.10. The van der Waals surface area contributed by atoms with Gasteiger partial charge in [-0.25, -0.2) is 0 Å². The van der Waals surface area contributed by atoms with Gasteiger partial charge in [0, 0.05) is 5.56 Å². The number of allylic oxidation sites excluding steroid dienone is 1. The molecule has 0 fully saturated rings. The zero-order valence-electron chi connectivity index (χ0n) is 10.9. The summed E-state index contributed by atoms with van der Waals surface area (Å²) >= 11 is 0. The molecule has 1 aromatic carbocycles. The summed E-state index contributed by atoms with van der Waals surface area (Å²) in [6.07, 6.45) is 2.27. The van der Waals surface area contributed by atoms with Gasteiger partial charge in [-0.05, 0) is 49.9 Å². The van der Waals surface area contributed by atoms with Gasteiger partial charge in [0.15, 0.2) is 0 Å². The van der Waals surface area contributed by atoms with Crippen LogP contribution in [0.25, 0.3) is 6.08 Å². The fourth-order valence-electron chi connectivity index (χ4n) is 1.47. The molecule has 0 saturated carbocycles. The van der Waals surface area contributed by atoms with Crippen molar-refractivity contribution in [2.24, 2.45) is 5.92 Å². The largest absolute Gasteiger partial charge is 0.101 e. The third kappa shape index (κ3) is 3.28. The Balaban J connectivity index is 3.07. The van der Waals surface area contributed by atoms with Gasteiger partial charge in [0.05, 0.1) is 0 Å². The molecule has 0 aliphatic carbocycles. The molecule has 16 heavy (non-hydrogen) atoms. The van der Waals surface area contributed by atoms with E-state index < -0.39 is 0 Å². The van der Waals surface area contributed by atoms with E-state index in [0.29, 0.717) is 5.92 Å². The quantitative estimate of drug-likeness (QED) is 0.636. The fraction of sp³-hybridized carbons (Fsp3) is 0.375. The summed E-state index contributed by atoms with van der Waals surface area (Å²) in [5.74, 6) is 6.61.